The molecule has 0 spiro atoms. The van der Waals surface area contributed by atoms with E-state index in [0.717, 1.165) is 6.42 Å². The number of rotatable bonds is 3. The van der Waals surface area contributed by atoms with Crippen molar-refractivity contribution < 1.29 is 0 Å². The third-order valence-electron chi connectivity index (χ3n) is 4.66. The van der Waals surface area contributed by atoms with E-state index in [0.29, 0.717) is 5.92 Å². The summed E-state index contributed by atoms with van der Waals surface area (Å²) in [4.78, 5) is 1.57. The van der Waals surface area contributed by atoms with Crippen LogP contribution < -0.4 is 5.73 Å². The summed E-state index contributed by atoms with van der Waals surface area (Å²) < 4.78 is 0. The number of hydrogen-bond donors (Lipinski definition) is 1. The summed E-state index contributed by atoms with van der Waals surface area (Å²) in [6.45, 7) is 4.35. The number of benzene rings is 1. The van der Waals surface area contributed by atoms with E-state index in [1.165, 1.54) is 41.5 Å². The van der Waals surface area contributed by atoms with E-state index in [-0.39, 0.29) is 6.04 Å². The predicted octanol–water partition coefficient (Wildman–Crippen LogP) is 4.35. The fourth-order valence-electron chi connectivity index (χ4n) is 3.31. The Morgan fingerprint density at radius 2 is 2.10 bits per heavy atom. The summed E-state index contributed by atoms with van der Waals surface area (Å²) >= 11 is 1.90. The van der Waals surface area contributed by atoms with Crippen molar-refractivity contribution >= 4 is 11.3 Å². The SMILES string of the molecule is Cc1ccc(CC(N)C2CCCc3sccc32)cc1C. The normalized spacial score (nSPS) is 19.6. The second-order valence-electron chi connectivity index (χ2n) is 6.08. The Balaban J connectivity index is 1.77. The molecule has 2 heteroatoms. The number of hydrogen-bond acceptors (Lipinski definition) is 2. The molecular weight excluding hydrogens is 262 g/mol. The zero-order chi connectivity index (χ0) is 14.1. The Morgan fingerprint density at radius 1 is 1.25 bits per heavy atom. The van der Waals surface area contributed by atoms with E-state index in [1.807, 2.05) is 11.3 Å². The molecule has 1 aromatic heterocycles. The Hall–Kier alpha value is -1.12. The van der Waals surface area contributed by atoms with E-state index in [9.17, 15) is 0 Å². The first-order chi connectivity index (χ1) is 9.65. The van der Waals surface area contributed by atoms with Crippen molar-refractivity contribution in [3.05, 3.63) is 56.8 Å². The Morgan fingerprint density at radius 3 is 2.90 bits per heavy atom. The molecule has 2 N–H and O–H groups in total. The minimum Gasteiger partial charge on any atom is -0.327 e. The van der Waals surface area contributed by atoms with E-state index >= 15 is 0 Å². The van der Waals surface area contributed by atoms with Gasteiger partial charge in [-0.25, -0.2) is 0 Å². The van der Waals surface area contributed by atoms with E-state index in [2.05, 4.69) is 43.5 Å². The molecular formula is C18H23NS. The first-order valence-electron chi connectivity index (χ1n) is 7.53. The highest BCUT2D eigenvalue weighted by Gasteiger charge is 2.26. The fourth-order valence-corrected chi connectivity index (χ4v) is 4.31. The maximum atomic E-state index is 6.55. The quantitative estimate of drug-likeness (QED) is 0.891. The van der Waals surface area contributed by atoms with Gasteiger partial charge in [0.1, 0.15) is 0 Å². The van der Waals surface area contributed by atoms with Crippen molar-refractivity contribution in [3.8, 4) is 0 Å². The predicted molar refractivity (Wildman–Crippen MR) is 87.6 cm³/mol. The van der Waals surface area contributed by atoms with Gasteiger partial charge in [0.15, 0.2) is 0 Å². The van der Waals surface area contributed by atoms with Crippen molar-refractivity contribution in [2.45, 2.75) is 51.5 Å². The molecule has 20 heavy (non-hydrogen) atoms. The van der Waals surface area contributed by atoms with E-state index in [4.69, 9.17) is 5.73 Å². The van der Waals surface area contributed by atoms with Crippen LogP contribution in [0, 0.1) is 13.8 Å². The molecule has 2 unspecified atom stereocenters. The highest BCUT2D eigenvalue weighted by molar-refractivity contribution is 7.10. The number of aryl methyl sites for hydroxylation is 3. The summed E-state index contributed by atoms with van der Waals surface area (Å²) in [6, 6.07) is 9.29. The van der Waals surface area contributed by atoms with Gasteiger partial charge in [-0.3, -0.25) is 0 Å². The van der Waals surface area contributed by atoms with Crippen molar-refractivity contribution in [2.24, 2.45) is 5.73 Å². The fraction of sp³-hybridized carbons (Fsp3) is 0.444. The molecule has 3 rings (SSSR count). The standard InChI is InChI=1S/C18H23NS/c1-12-6-7-14(10-13(12)2)11-17(19)15-4-3-5-18-16(15)8-9-20-18/h6-10,15,17H,3-5,11,19H2,1-2H3. The van der Waals surface area contributed by atoms with E-state index in [1.54, 1.807) is 4.88 Å². The summed E-state index contributed by atoms with van der Waals surface area (Å²) in [5.41, 5.74) is 12.2. The van der Waals surface area contributed by atoms with Crippen LogP contribution in [0.2, 0.25) is 0 Å². The smallest absolute Gasteiger partial charge is 0.0149 e. The van der Waals surface area contributed by atoms with Crippen LogP contribution in [0.3, 0.4) is 0 Å². The van der Waals surface area contributed by atoms with Gasteiger partial charge in [0.25, 0.3) is 0 Å². The van der Waals surface area contributed by atoms with Crippen LogP contribution in [0.25, 0.3) is 0 Å². The van der Waals surface area contributed by atoms with Gasteiger partial charge in [-0.05, 0) is 73.2 Å². The van der Waals surface area contributed by atoms with Crippen molar-refractivity contribution in [2.75, 3.05) is 0 Å². The van der Waals surface area contributed by atoms with E-state index < -0.39 is 0 Å². The first-order valence-corrected chi connectivity index (χ1v) is 8.41. The molecule has 0 fully saturated rings. The molecule has 0 saturated carbocycles. The van der Waals surface area contributed by atoms with Crippen LogP contribution in [0.1, 0.15) is 45.9 Å². The molecule has 1 nitrogen and oxygen atoms in total. The van der Waals surface area contributed by atoms with Crippen LogP contribution >= 0.6 is 11.3 Å². The molecule has 0 amide bonds. The average Bonchev–Trinajstić information content (AvgIpc) is 2.91. The molecule has 0 bridgehead atoms. The van der Waals surface area contributed by atoms with Gasteiger partial charge in [-0.15, -0.1) is 11.3 Å². The molecule has 106 valence electrons. The summed E-state index contributed by atoms with van der Waals surface area (Å²) in [6.07, 6.45) is 4.77. The molecule has 2 atom stereocenters. The minimum absolute atomic E-state index is 0.241. The maximum absolute atomic E-state index is 6.55. The lowest BCUT2D eigenvalue weighted by Crippen LogP contribution is -2.32. The van der Waals surface area contributed by atoms with Gasteiger partial charge in [0.2, 0.25) is 0 Å². The summed E-state index contributed by atoms with van der Waals surface area (Å²) in [7, 11) is 0. The zero-order valence-corrected chi connectivity index (χ0v) is 13.2. The maximum Gasteiger partial charge on any atom is 0.0149 e. The second kappa shape index (κ2) is 5.71. The van der Waals surface area contributed by atoms with Crippen LogP contribution in [0.4, 0.5) is 0 Å². The molecule has 1 aliphatic rings. The second-order valence-corrected chi connectivity index (χ2v) is 7.09. The van der Waals surface area contributed by atoms with Gasteiger partial charge >= 0.3 is 0 Å². The third kappa shape index (κ3) is 2.68. The van der Waals surface area contributed by atoms with Gasteiger partial charge in [0.05, 0.1) is 0 Å². The van der Waals surface area contributed by atoms with Gasteiger partial charge in [-0.2, -0.15) is 0 Å². The van der Waals surface area contributed by atoms with Crippen molar-refractivity contribution in [1.29, 1.82) is 0 Å². The van der Waals surface area contributed by atoms with Crippen LogP contribution in [-0.4, -0.2) is 6.04 Å². The van der Waals surface area contributed by atoms with Crippen LogP contribution in [0.15, 0.2) is 29.6 Å². The third-order valence-corrected chi connectivity index (χ3v) is 5.65. The summed E-state index contributed by atoms with van der Waals surface area (Å²) in [5.74, 6) is 0.548. The Labute approximate surface area is 125 Å². The largest absolute Gasteiger partial charge is 0.327 e. The molecule has 2 aromatic rings. The average molecular weight is 285 g/mol. The minimum atomic E-state index is 0.241. The van der Waals surface area contributed by atoms with Gasteiger partial charge in [-0.1, -0.05) is 18.2 Å². The number of fused-ring (bicyclic) bond motifs is 1. The Kier molecular flexibility index (Phi) is 3.95. The lowest BCUT2D eigenvalue weighted by atomic mass is 9.80. The van der Waals surface area contributed by atoms with Gasteiger partial charge < -0.3 is 5.73 Å². The van der Waals surface area contributed by atoms with Gasteiger partial charge in [0, 0.05) is 16.8 Å². The highest BCUT2D eigenvalue weighted by Crippen LogP contribution is 2.37. The molecule has 0 radical (unpaired) electrons. The Bertz CT molecular complexity index is 599. The molecule has 1 aromatic carbocycles. The van der Waals surface area contributed by atoms with Crippen molar-refractivity contribution in [1.82, 2.24) is 0 Å². The molecule has 1 heterocycles. The van der Waals surface area contributed by atoms with Crippen LogP contribution in [0.5, 0.6) is 0 Å². The van der Waals surface area contributed by atoms with Crippen LogP contribution in [-0.2, 0) is 12.8 Å². The number of nitrogens with two attached hydrogens (primary N) is 1. The lowest BCUT2D eigenvalue weighted by Gasteiger charge is -2.28. The zero-order valence-electron chi connectivity index (χ0n) is 12.4. The molecule has 0 saturated heterocycles. The summed E-state index contributed by atoms with van der Waals surface area (Å²) in [5, 5.41) is 2.23. The molecule has 0 aliphatic heterocycles. The number of thiophene rings is 1. The highest BCUT2D eigenvalue weighted by atomic mass is 32.1. The monoisotopic (exact) mass is 285 g/mol. The van der Waals surface area contributed by atoms with Crippen molar-refractivity contribution in [3.63, 3.8) is 0 Å². The molecule has 1 aliphatic carbocycles. The topological polar surface area (TPSA) is 26.0 Å². The lowest BCUT2D eigenvalue weighted by molar-refractivity contribution is 0.464. The first kappa shape index (κ1) is 13.8.